The van der Waals surface area contributed by atoms with E-state index in [0.717, 1.165) is 29.8 Å². The summed E-state index contributed by atoms with van der Waals surface area (Å²) in [6.07, 6.45) is 2.30. The summed E-state index contributed by atoms with van der Waals surface area (Å²) >= 11 is 6.04. The molecule has 25 heavy (non-hydrogen) atoms. The third-order valence-electron chi connectivity index (χ3n) is 4.38. The van der Waals surface area contributed by atoms with Crippen LogP contribution < -0.4 is 5.32 Å². The summed E-state index contributed by atoms with van der Waals surface area (Å²) in [6.45, 7) is 3.89. The van der Waals surface area contributed by atoms with E-state index in [-0.39, 0.29) is 12.5 Å². The number of aromatic nitrogens is 1. The highest BCUT2D eigenvalue weighted by Gasteiger charge is 2.28. The molecule has 1 heterocycles. The first-order valence-corrected chi connectivity index (χ1v) is 8.71. The van der Waals surface area contributed by atoms with Gasteiger partial charge in [0.25, 0.3) is 5.91 Å². The Labute approximate surface area is 151 Å². The van der Waals surface area contributed by atoms with Gasteiger partial charge in [-0.15, -0.1) is 0 Å². The van der Waals surface area contributed by atoms with E-state index in [4.69, 9.17) is 16.3 Å². The van der Waals surface area contributed by atoms with Crippen molar-refractivity contribution in [2.45, 2.75) is 39.3 Å². The summed E-state index contributed by atoms with van der Waals surface area (Å²) in [5.41, 5.74) is 3.30. The molecular weight excluding hydrogens is 340 g/mol. The van der Waals surface area contributed by atoms with Crippen LogP contribution in [-0.2, 0) is 16.1 Å². The van der Waals surface area contributed by atoms with E-state index in [1.807, 2.05) is 38.1 Å². The van der Waals surface area contributed by atoms with E-state index < -0.39 is 5.97 Å². The Balaban J connectivity index is 1.53. The number of benzene rings is 1. The van der Waals surface area contributed by atoms with E-state index in [1.165, 1.54) is 0 Å². The third kappa shape index (κ3) is 4.04. The van der Waals surface area contributed by atoms with Gasteiger partial charge in [0, 0.05) is 29.0 Å². The van der Waals surface area contributed by atoms with Gasteiger partial charge in [0.2, 0.25) is 0 Å². The molecule has 2 aromatic rings. The molecular formula is C19H21ClN2O3. The molecule has 132 valence electrons. The Morgan fingerprint density at radius 2 is 2.00 bits per heavy atom. The lowest BCUT2D eigenvalue weighted by Crippen LogP contribution is -2.28. The molecule has 1 saturated carbocycles. The monoisotopic (exact) mass is 360 g/mol. The standard InChI is InChI=1S/C19H21ClN2O3/c1-12-9-16(13(2)22(12)15-7-8-15)19(24)25-11-18(23)21-10-14-5-3-4-6-17(14)20/h3-6,9,15H,7-8,10-11H2,1-2H3,(H,21,23). The number of nitrogens with one attached hydrogen (secondary N) is 1. The number of carbonyl (C=O) groups is 2. The maximum Gasteiger partial charge on any atom is 0.340 e. The number of hydrogen-bond acceptors (Lipinski definition) is 3. The molecule has 1 N–H and O–H groups in total. The number of rotatable bonds is 6. The number of aryl methyl sites for hydroxylation is 1. The molecule has 1 aromatic heterocycles. The van der Waals surface area contributed by atoms with Crippen LogP contribution in [0.4, 0.5) is 0 Å². The van der Waals surface area contributed by atoms with Crippen LogP contribution in [0.25, 0.3) is 0 Å². The van der Waals surface area contributed by atoms with Gasteiger partial charge in [-0.1, -0.05) is 29.8 Å². The highest BCUT2D eigenvalue weighted by molar-refractivity contribution is 6.31. The molecule has 1 aliphatic rings. The predicted octanol–water partition coefficient (Wildman–Crippen LogP) is 3.57. The Morgan fingerprint density at radius 3 is 2.68 bits per heavy atom. The molecule has 1 fully saturated rings. The van der Waals surface area contributed by atoms with Crippen LogP contribution in [0.2, 0.25) is 5.02 Å². The van der Waals surface area contributed by atoms with Crippen molar-refractivity contribution < 1.29 is 14.3 Å². The fraction of sp³-hybridized carbons (Fsp3) is 0.368. The molecule has 0 spiro atoms. The van der Waals surface area contributed by atoms with Gasteiger partial charge in [0.15, 0.2) is 6.61 Å². The number of carbonyl (C=O) groups excluding carboxylic acids is 2. The molecule has 0 radical (unpaired) electrons. The van der Waals surface area contributed by atoms with Crippen LogP contribution in [0.15, 0.2) is 30.3 Å². The lowest BCUT2D eigenvalue weighted by molar-refractivity contribution is -0.124. The van der Waals surface area contributed by atoms with Crippen LogP contribution in [0.3, 0.4) is 0 Å². The maximum atomic E-state index is 12.3. The molecule has 0 saturated heterocycles. The minimum absolute atomic E-state index is 0.298. The molecule has 3 rings (SSSR count). The lowest BCUT2D eigenvalue weighted by Gasteiger charge is -2.09. The smallest absolute Gasteiger partial charge is 0.340 e. The van der Waals surface area contributed by atoms with Crippen LogP contribution in [0, 0.1) is 13.8 Å². The second kappa shape index (κ2) is 7.31. The Hall–Kier alpha value is -2.27. The van der Waals surface area contributed by atoms with Gasteiger partial charge in [-0.3, -0.25) is 4.79 Å². The van der Waals surface area contributed by atoms with Crippen LogP contribution >= 0.6 is 11.6 Å². The zero-order chi connectivity index (χ0) is 18.0. The van der Waals surface area contributed by atoms with Crippen molar-refractivity contribution in [3.63, 3.8) is 0 Å². The Bertz CT molecular complexity index is 809. The molecule has 5 nitrogen and oxygen atoms in total. The summed E-state index contributed by atoms with van der Waals surface area (Å²) in [5, 5.41) is 3.29. The average molecular weight is 361 g/mol. The summed E-state index contributed by atoms with van der Waals surface area (Å²) in [5.74, 6) is -0.822. The van der Waals surface area contributed by atoms with Gasteiger partial charge >= 0.3 is 5.97 Å². The van der Waals surface area contributed by atoms with Crippen molar-refractivity contribution in [3.8, 4) is 0 Å². The number of halogens is 1. The van der Waals surface area contributed by atoms with Gasteiger partial charge < -0.3 is 14.6 Å². The zero-order valence-electron chi connectivity index (χ0n) is 14.3. The molecule has 0 aliphatic heterocycles. The van der Waals surface area contributed by atoms with E-state index in [0.29, 0.717) is 23.2 Å². The minimum atomic E-state index is -0.465. The molecule has 0 atom stereocenters. The van der Waals surface area contributed by atoms with E-state index in [2.05, 4.69) is 9.88 Å². The SMILES string of the molecule is Cc1cc(C(=O)OCC(=O)NCc2ccccc2Cl)c(C)n1C1CC1. The van der Waals surface area contributed by atoms with E-state index in [1.54, 1.807) is 6.07 Å². The van der Waals surface area contributed by atoms with Gasteiger partial charge in [0.1, 0.15) is 0 Å². The number of hydrogen-bond donors (Lipinski definition) is 1. The summed E-state index contributed by atoms with van der Waals surface area (Å²) in [4.78, 5) is 24.2. The summed E-state index contributed by atoms with van der Waals surface area (Å²) < 4.78 is 7.34. The van der Waals surface area contributed by atoms with Crippen LogP contribution in [-0.4, -0.2) is 23.1 Å². The maximum absolute atomic E-state index is 12.3. The average Bonchev–Trinajstić information content (AvgIpc) is 3.37. The fourth-order valence-corrected chi connectivity index (χ4v) is 3.18. The van der Waals surface area contributed by atoms with E-state index in [9.17, 15) is 9.59 Å². The van der Waals surface area contributed by atoms with E-state index >= 15 is 0 Å². The second-order valence-corrected chi connectivity index (χ2v) is 6.74. The lowest BCUT2D eigenvalue weighted by atomic mass is 10.2. The first-order valence-electron chi connectivity index (χ1n) is 8.33. The van der Waals surface area contributed by atoms with Crippen molar-refractivity contribution in [2.24, 2.45) is 0 Å². The second-order valence-electron chi connectivity index (χ2n) is 6.33. The molecule has 1 amide bonds. The van der Waals surface area contributed by atoms with Crippen molar-refractivity contribution in [3.05, 3.63) is 57.9 Å². The normalized spacial score (nSPS) is 13.6. The minimum Gasteiger partial charge on any atom is -0.452 e. The highest BCUT2D eigenvalue weighted by Crippen LogP contribution is 2.38. The van der Waals surface area contributed by atoms with Gasteiger partial charge in [-0.25, -0.2) is 4.79 Å². The first-order chi connectivity index (χ1) is 12.0. The van der Waals surface area contributed by atoms with Crippen LogP contribution in [0.1, 0.15) is 46.2 Å². The third-order valence-corrected chi connectivity index (χ3v) is 4.75. The van der Waals surface area contributed by atoms with Crippen molar-refractivity contribution in [1.29, 1.82) is 0 Å². The fourth-order valence-electron chi connectivity index (χ4n) is 2.97. The molecule has 6 heteroatoms. The molecule has 1 aliphatic carbocycles. The molecule has 0 bridgehead atoms. The topological polar surface area (TPSA) is 60.3 Å². The summed E-state index contributed by atoms with van der Waals surface area (Å²) in [7, 11) is 0. The van der Waals surface area contributed by atoms with Crippen molar-refractivity contribution in [1.82, 2.24) is 9.88 Å². The Morgan fingerprint density at radius 1 is 1.28 bits per heavy atom. The Kier molecular flexibility index (Phi) is 5.13. The first kappa shape index (κ1) is 17.5. The molecule has 0 unspecified atom stereocenters. The van der Waals surface area contributed by atoms with Gasteiger partial charge in [-0.05, 0) is 44.4 Å². The highest BCUT2D eigenvalue weighted by atomic mass is 35.5. The van der Waals surface area contributed by atoms with Gasteiger partial charge in [0.05, 0.1) is 5.56 Å². The van der Waals surface area contributed by atoms with Gasteiger partial charge in [-0.2, -0.15) is 0 Å². The number of nitrogens with zero attached hydrogens (tertiary/aromatic N) is 1. The predicted molar refractivity (Wildman–Crippen MR) is 95.8 cm³/mol. The number of ether oxygens (including phenoxy) is 1. The number of amides is 1. The van der Waals surface area contributed by atoms with Crippen LogP contribution in [0.5, 0.6) is 0 Å². The van der Waals surface area contributed by atoms with Crippen molar-refractivity contribution in [2.75, 3.05) is 6.61 Å². The summed E-state index contributed by atoms with van der Waals surface area (Å²) in [6, 6.07) is 9.61. The quantitative estimate of drug-likeness (QED) is 0.801. The number of esters is 1. The van der Waals surface area contributed by atoms with Crippen molar-refractivity contribution >= 4 is 23.5 Å². The molecule has 1 aromatic carbocycles. The zero-order valence-corrected chi connectivity index (χ0v) is 15.1. The largest absolute Gasteiger partial charge is 0.452 e.